The number of carbonyl (C=O) groups is 3. The molecule has 170 valence electrons. The van der Waals surface area contributed by atoms with Crippen molar-refractivity contribution in [1.29, 1.82) is 0 Å². The van der Waals surface area contributed by atoms with Crippen molar-refractivity contribution in [2.75, 3.05) is 44.2 Å². The van der Waals surface area contributed by atoms with E-state index in [0.717, 1.165) is 11.3 Å². The largest absolute Gasteiger partial charge is 0.368 e. The molecule has 0 bridgehead atoms. The molecular formula is C22H27FN6O3. The third-order valence-electron chi connectivity index (χ3n) is 5.95. The Morgan fingerprint density at radius 2 is 1.78 bits per heavy atom. The molecule has 3 heterocycles. The smallest absolute Gasteiger partial charge is 0.242 e. The summed E-state index contributed by atoms with van der Waals surface area (Å²) >= 11 is 0. The summed E-state index contributed by atoms with van der Waals surface area (Å²) in [5, 5.41) is 7.03. The van der Waals surface area contributed by atoms with Crippen molar-refractivity contribution in [3.63, 3.8) is 0 Å². The second kappa shape index (κ2) is 8.97. The summed E-state index contributed by atoms with van der Waals surface area (Å²) in [5.74, 6) is -1.37. The molecule has 0 unspecified atom stereocenters. The molecule has 0 aliphatic carbocycles. The highest BCUT2D eigenvalue weighted by molar-refractivity contribution is 5.87. The van der Waals surface area contributed by atoms with Gasteiger partial charge in [0.15, 0.2) is 0 Å². The molecule has 0 spiro atoms. The molecule has 32 heavy (non-hydrogen) atoms. The van der Waals surface area contributed by atoms with E-state index < -0.39 is 5.92 Å². The number of rotatable bonds is 4. The molecule has 4 rings (SSSR count). The van der Waals surface area contributed by atoms with Crippen molar-refractivity contribution in [2.24, 2.45) is 7.05 Å². The molecule has 9 nitrogen and oxygen atoms in total. The van der Waals surface area contributed by atoms with Crippen LogP contribution in [0.1, 0.15) is 24.1 Å². The number of fused-ring (bicyclic) bond motifs is 1. The molecule has 2 aromatic rings. The van der Waals surface area contributed by atoms with Crippen LogP contribution >= 0.6 is 0 Å². The number of amides is 3. The first kappa shape index (κ1) is 21.8. The average Bonchev–Trinajstić information content (AvgIpc) is 3.17. The zero-order valence-electron chi connectivity index (χ0n) is 18.3. The average molecular weight is 442 g/mol. The Morgan fingerprint density at radius 1 is 1.09 bits per heavy atom. The van der Waals surface area contributed by atoms with E-state index >= 15 is 0 Å². The minimum absolute atomic E-state index is 0.0549. The van der Waals surface area contributed by atoms with Gasteiger partial charge in [-0.1, -0.05) is 0 Å². The summed E-state index contributed by atoms with van der Waals surface area (Å²) in [6.45, 7) is 4.23. The molecule has 2 aliphatic heterocycles. The first-order valence-electron chi connectivity index (χ1n) is 10.7. The SMILES string of the molecule is CC(=O)NCC(=O)N1Cc2cn(C)nc2[C@H](C(=O)N2CCN(c3ccc(F)cc3)CC2)C1. The molecular weight excluding hydrogens is 415 g/mol. The minimum Gasteiger partial charge on any atom is -0.368 e. The Labute approximate surface area is 185 Å². The number of carbonyl (C=O) groups excluding carboxylic acids is 3. The Hall–Kier alpha value is -3.43. The van der Waals surface area contributed by atoms with E-state index in [4.69, 9.17) is 0 Å². The van der Waals surface area contributed by atoms with Crippen molar-refractivity contribution in [3.8, 4) is 0 Å². The summed E-state index contributed by atoms with van der Waals surface area (Å²) in [6, 6.07) is 6.35. The highest BCUT2D eigenvalue weighted by atomic mass is 19.1. The van der Waals surface area contributed by atoms with Gasteiger partial charge in [-0.25, -0.2) is 4.39 Å². The fourth-order valence-corrected chi connectivity index (χ4v) is 4.30. The van der Waals surface area contributed by atoms with Gasteiger partial charge in [0.25, 0.3) is 0 Å². The summed E-state index contributed by atoms with van der Waals surface area (Å²) in [7, 11) is 1.80. The lowest BCUT2D eigenvalue weighted by molar-refractivity contribution is -0.138. The monoisotopic (exact) mass is 442 g/mol. The van der Waals surface area contributed by atoms with Gasteiger partial charge in [0, 0.05) is 70.7 Å². The first-order chi connectivity index (χ1) is 15.3. The molecule has 1 atom stereocenters. The van der Waals surface area contributed by atoms with Crippen LogP contribution in [-0.2, 0) is 28.0 Å². The van der Waals surface area contributed by atoms with Crippen molar-refractivity contribution in [2.45, 2.75) is 19.4 Å². The lowest BCUT2D eigenvalue weighted by atomic mass is 9.94. The Morgan fingerprint density at radius 3 is 2.44 bits per heavy atom. The van der Waals surface area contributed by atoms with Crippen molar-refractivity contribution in [3.05, 3.63) is 47.5 Å². The van der Waals surface area contributed by atoms with Crippen molar-refractivity contribution in [1.82, 2.24) is 24.9 Å². The van der Waals surface area contributed by atoms with E-state index in [2.05, 4.69) is 15.3 Å². The molecule has 1 saturated heterocycles. The van der Waals surface area contributed by atoms with Crippen LogP contribution in [0.3, 0.4) is 0 Å². The molecule has 1 aromatic heterocycles. The maximum Gasteiger partial charge on any atom is 0.242 e. The van der Waals surface area contributed by atoms with Crippen molar-refractivity contribution >= 4 is 23.4 Å². The fourth-order valence-electron chi connectivity index (χ4n) is 4.30. The second-order valence-electron chi connectivity index (χ2n) is 8.24. The molecule has 3 amide bonds. The Bertz CT molecular complexity index is 1010. The maximum absolute atomic E-state index is 13.4. The molecule has 1 aromatic carbocycles. The van der Waals surface area contributed by atoms with E-state index in [0.29, 0.717) is 38.4 Å². The summed E-state index contributed by atoms with van der Waals surface area (Å²) in [5.41, 5.74) is 2.48. The van der Waals surface area contributed by atoms with Gasteiger partial charge in [-0.3, -0.25) is 19.1 Å². The number of aromatic nitrogens is 2. The first-order valence-corrected chi connectivity index (χ1v) is 10.7. The third-order valence-corrected chi connectivity index (χ3v) is 5.95. The van der Waals surface area contributed by atoms with Crippen LogP contribution in [0.15, 0.2) is 30.5 Å². The maximum atomic E-state index is 13.4. The number of nitrogens with zero attached hydrogens (tertiary/aromatic N) is 5. The number of halogens is 1. The molecule has 1 N–H and O–H groups in total. The Kier molecular flexibility index (Phi) is 6.11. The van der Waals surface area contributed by atoms with Crippen LogP contribution in [0, 0.1) is 5.82 Å². The van der Waals surface area contributed by atoms with Gasteiger partial charge >= 0.3 is 0 Å². The van der Waals surface area contributed by atoms with Gasteiger partial charge in [-0.05, 0) is 24.3 Å². The van der Waals surface area contributed by atoms with Crippen molar-refractivity contribution < 1.29 is 18.8 Å². The molecule has 0 radical (unpaired) electrons. The van der Waals surface area contributed by atoms with Crippen LogP contribution in [0.2, 0.25) is 0 Å². The summed E-state index contributed by atoms with van der Waals surface area (Å²) < 4.78 is 14.9. The van der Waals surface area contributed by atoms with Crippen LogP contribution in [0.25, 0.3) is 0 Å². The third kappa shape index (κ3) is 4.58. The van der Waals surface area contributed by atoms with Crippen LogP contribution in [0.5, 0.6) is 0 Å². The van der Waals surface area contributed by atoms with E-state index in [9.17, 15) is 18.8 Å². The number of hydrogen-bond acceptors (Lipinski definition) is 5. The number of hydrogen-bond donors (Lipinski definition) is 1. The Balaban J connectivity index is 1.45. The van der Waals surface area contributed by atoms with Gasteiger partial charge in [0.05, 0.1) is 12.2 Å². The van der Waals surface area contributed by atoms with Crippen LogP contribution in [-0.4, -0.2) is 76.6 Å². The number of piperazine rings is 1. The van der Waals surface area contributed by atoms with E-state index in [1.54, 1.807) is 28.8 Å². The topological polar surface area (TPSA) is 90.8 Å². The van der Waals surface area contributed by atoms with Crippen LogP contribution < -0.4 is 10.2 Å². The van der Waals surface area contributed by atoms with Crippen LogP contribution in [0.4, 0.5) is 10.1 Å². The predicted octanol–water partition coefficient (Wildman–Crippen LogP) is 0.470. The summed E-state index contributed by atoms with van der Waals surface area (Å²) in [6.07, 6.45) is 1.83. The molecule has 10 heteroatoms. The summed E-state index contributed by atoms with van der Waals surface area (Å²) in [4.78, 5) is 42.8. The minimum atomic E-state index is -0.543. The molecule has 0 saturated carbocycles. The van der Waals surface area contributed by atoms with E-state index in [1.807, 2.05) is 11.1 Å². The zero-order valence-corrected chi connectivity index (χ0v) is 18.3. The molecule has 1 fully saturated rings. The fraction of sp³-hybridized carbons (Fsp3) is 0.455. The highest BCUT2D eigenvalue weighted by Crippen LogP contribution is 2.29. The number of anilines is 1. The molecule has 2 aliphatic rings. The van der Waals surface area contributed by atoms with Gasteiger partial charge in [-0.2, -0.15) is 5.10 Å². The zero-order chi connectivity index (χ0) is 22.8. The predicted molar refractivity (Wildman–Crippen MR) is 115 cm³/mol. The van der Waals surface area contributed by atoms with Gasteiger partial charge in [-0.15, -0.1) is 0 Å². The van der Waals surface area contributed by atoms with Gasteiger partial charge < -0.3 is 20.0 Å². The normalized spacial score (nSPS) is 18.3. The van der Waals surface area contributed by atoms with Gasteiger partial charge in [0.2, 0.25) is 17.7 Å². The standard InChI is InChI=1S/C22H27FN6O3/c1-15(30)24-11-20(31)29-13-16-12-26(2)25-21(16)19(14-29)22(32)28-9-7-27(8-10-28)18-5-3-17(23)4-6-18/h3-6,12,19H,7-11,13-14H2,1-2H3,(H,24,30)/t19-/m1/s1. The lowest BCUT2D eigenvalue weighted by Gasteiger charge is -2.39. The second-order valence-corrected chi connectivity index (χ2v) is 8.24. The lowest BCUT2D eigenvalue weighted by Crippen LogP contribution is -2.52. The highest BCUT2D eigenvalue weighted by Gasteiger charge is 2.38. The van der Waals surface area contributed by atoms with E-state index in [1.165, 1.54) is 19.1 Å². The quantitative estimate of drug-likeness (QED) is 0.744. The number of aryl methyl sites for hydroxylation is 1. The number of benzene rings is 1. The van der Waals surface area contributed by atoms with E-state index in [-0.39, 0.29) is 36.6 Å². The number of nitrogens with one attached hydrogen (secondary N) is 1. The van der Waals surface area contributed by atoms with Gasteiger partial charge in [0.1, 0.15) is 11.7 Å².